The van der Waals surface area contributed by atoms with E-state index in [1.165, 1.54) is 0 Å². The smallest absolute Gasteiger partial charge is 0.308 e. The van der Waals surface area contributed by atoms with Gasteiger partial charge >= 0.3 is 5.97 Å². The molecule has 6 heteroatoms. The first-order valence-electron chi connectivity index (χ1n) is 8.26. The maximum Gasteiger partial charge on any atom is 0.308 e. The Labute approximate surface area is 140 Å². The fourth-order valence-corrected chi connectivity index (χ4v) is 3.14. The van der Waals surface area contributed by atoms with Gasteiger partial charge in [0.15, 0.2) is 0 Å². The van der Waals surface area contributed by atoms with Crippen LogP contribution < -0.4 is 0 Å². The van der Waals surface area contributed by atoms with Gasteiger partial charge in [0.05, 0.1) is 29.1 Å². The van der Waals surface area contributed by atoms with Crippen LogP contribution in [0.2, 0.25) is 0 Å². The lowest BCUT2D eigenvalue weighted by Crippen LogP contribution is -2.30. The van der Waals surface area contributed by atoms with Crippen molar-refractivity contribution in [3.05, 3.63) is 47.8 Å². The standard InChI is InChI=1S/C18H21N3O3/c1-2-6-16-15(11-19-21(16)14-7-4-3-5-8-14)17(22)20-10-9-13(12-20)18(23)24/h3-5,7-8,11,13H,2,6,9-10,12H2,1H3,(H,23,24). The van der Waals surface area contributed by atoms with Gasteiger partial charge < -0.3 is 10.0 Å². The predicted octanol–water partition coefficient (Wildman–Crippen LogP) is 2.37. The Morgan fingerprint density at radius 2 is 2.04 bits per heavy atom. The molecule has 1 N–H and O–H groups in total. The quantitative estimate of drug-likeness (QED) is 0.915. The van der Waals surface area contributed by atoms with Crippen molar-refractivity contribution in [1.82, 2.24) is 14.7 Å². The summed E-state index contributed by atoms with van der Waals surface area (Å²) >= 11 is 0. The van der Waals surface area contributed by atoms with Crippen LogP contribution in [0.4, 0.5) is 0 Å². The first-order chi connectivity index (χ1) is 11.6. The van der Waals surface area contributed by atoms with Crippen LogP contribution in [0.3, 0.4) is 0 Å². The normalized spacial score (nSPS) is 17.2. The molecule has 1 saturated heterocycles. The minimum Gasteiger partial charge on any atom is -0.481 e. The van der Waals surface area contributed by atoms with E-state index in [2.05, 4.69) is 12.0 Å². The number of para-hydroxylation sites is 1. The molecular weight excluding hydrogens is 306 g/mol. The van der Waals surface area contributed by atoms with Crippen LogP contribution in [0, 0.1) is 5.92 Å². The van der Waals surface area contributed by atoms with E-state index in [-0.39, 0.29) is 12.5 Å². The van der Waals surface area contributed by atoms with Crippen molar-refractivity contribution >= 4 is 11.9 Å². The van der Waals surface area contributed by atoms with Crippen molar-refractivity contribution in [2.24, 2.45) is 5.92 Å². The number of hydrogen-bond acceptors (Lipinski definition) is 3. The summed E-state index contributed by atoms with van der Waals surface area (Å²) in [6.45, 7) is 2.82. The second-order valence-electron chi connectivity index (χ2n) is 6.08. The number of aromatic nitrogens is 2. The predicted molar refractivity (Wildman–Crippen MR) is 89.2 cm³/mol. The molecule has 1 fully saturated rings. The van der Waals surface area contributed by atoms with Crippen LogP contribution in [0.15, 0.2) is 36.5 Å². The number of nitrogens with zero attached hydrogens (tertiary/aromatic N) is 3. The van der Waals surface area contributed by atoms with E-state index in [9.17, 15) is 9.59 Å². The number of benzene rings is 1. The molecule has 2 heterocycles. The maximum absolute atomic E-state index is 12.8. The molecule has 1 aromatic heterocycles. The highest BCUT2D eigenvalue weighted by Crippen LogP contribution is 2.23. The third-order valence-corrected chi connectivity index (χ3v) is 4.41. The summed E-state index contributed by atoms with van der Waals surface area (Å²) in [5.41, 5.74) is 2.38. The topological polar surface area (TPSA) is 75.4 Å². The molecule has 0 bridgehead atoms. The second-order valence-corrected chi connectivity index (χ2v) is 6.08. The maximum atomic E-state index is 12.8. The summed E-state index contributed by atoms with van der Waals surface area (Å²) in [5, 5.41) is 13.5. The molecule has 1 amide bonds. The van der Waals surface area contributed by atoms with Gasteiger partial charge in [-0.3, -0.25) is 9.59 Å². The largest absolute Gasteiger partial charge is 0.481 e. The average Bonchev–Trinajstić information content (AvgIpc) is 3.23. The van der Waals surface area contributed by atoms with E-state index < -0.39 is 11.9 Å². The van der Waals surface area contributed by atoms with Crippen LogP contribution in [0.5, 0.6) is 0 Å². The summed E-state index contributed by atoms with van der Waals surface area (Å²) in [4.78, 5) is 25.6. The number of carboxylic acids is 1. The van der Waals surface area contributed by atoms with Gasteiger partial charge in [0.1, 0.15) is 0 Å². The third-order valence-electron chi connectivity index (χ3n) is 4.41. The molecule has 1 atom stereocenters. The van der Waals surface area contributed by atoms with Gasteiger partial charge in [-0.1, -0.05) is 31.5 Å². The Bertz CT molecular complexity index is 739. The number of hydrogen-bond donors (Lipinski definition) is 1. The zero-order chi connectivity index (χ0) is 17.1. The van der Waals surface area contributed by atoms with Gasteiger partial charge in [0.2, 0.25) is 0 Å². The number of aliphatic carboxylic acids is 1. The molecule has 2 aromatic rings. The highest BCUT2D eigenvalue weighted by atomic mass is 16.4. The Kier molecular flexibility index (Phi) is 4.64. The Morgan fingerprint density at radius 3 is 2.67 bits per heavy atom. The van der Waals surface area contributed by atoms with Crippen LogP contribution >= 0.6 is 0 Å². The van der Waals surface area contributed by atoms with Crippen LogP contribution in [0.25, 0.3) is 5.69 Å². The van der Waals surface area contributed by atoms with Gasteiger partial charge in [0, 0.05) is 13.1 Å². The van der Waals surface area contributed by atoms with Gasteiger partial charge in [-0.05, 0) is 25.0 Å². The average molecular weight is 327 g/mol. The van der Waals surface area contributed by atoms with Crippen molar-refractivity contribution < 1.29 is 14.7 Å². The highest BCUT2D eigenvalue weighted by Gasteiger charge is 2.33. The number of carbonyl (C=O) groups excluding carboxylic acids is 1. The first-order valence-corrected chi connectivity index (χ1v) is 8.26. The summed E-state index contributed by atoms with van der Waals surface area (Å²) in [7, 11) is 0. The van der Waals surface area contributed by atoms with Crippen molar-refractivity contribution in [2.75, 3.05) is 13.1 Å². The molecule has 1 unspecified atom stereocenters. The van der Waals surface area contributed by atoms with Crippen molar-refractivity contribution in [3.8, 4) is 5.69 Å². The molecule has 0 spiro atoms. The van der Waals surface area contributed by atoms with Gasteiger partial charge in [-0.2, -0.15) is 5.10 Å². The minimum absolute atomic E-state index is 0.121. The van der Waals surface area contributed by atoms with Gasteiger partial charge in [-0.15, -0.1) is 0 Å². The Balaban J connectivity index is 1.90. The van der Waals surface area contributed by atoms with Crippen LogP contribution in [-0.2, 0) is 11.2 Å². The lowest BCUT2D eigenvalue weighted by atomic mass is 10.1. The van der Waals surface area contributed by atoms with Crippen LogP contribution in [0.1, 0.15) is 35.8 Å². The lowest BCUT2D eigenvalue weighted by molar-refractivity contribution is -0.141. The lowest BCUT2D eigenvalue weighted by Gasteiger charge is -2.16. The summed E-state index contributed by atoms with van der Waals surface area (Å²) < 4.78 is 1.81. The van der Waals surface area contributed by atoms with E-state index in [1.54, 1.807) is 11.1 Å². The van der Waals surface area contributed by atoms with E-state index >= 15 is 0 Å². The summed E-state index contributed by atoms with van der Waals surface area (Å²) in [6, 6.07) is 9.72. The zero-order valence-electron chi connectivity index (χ0n) is 13.7. The highest BCUT2D eigenvalue weighted by molar-refractivity contribution is 5.96. The molecular formula is C18H21N3O3. The van der Waals surface area contributed by atoms with Gasteiger partial charge in [0.25, 0.3) is 5.91 Å². The number of amides is 1. The van der Waals surface area contributed by atoms with Crippen molar-refractivity contribution in [3.63, 3.8) is 0 Å². The van der Waals surface area contributed by atoms with Gasteiger partial charge in [-0.25, -0.2) is 4.68 Å². The van der Waals surface area contributed by atoms with E-state index in [1.807, 2.05) is 35.0 Å². The molecule has 0 saturated carbocycles. The van der Waals surface area contributed by atoms with E-state index in [0.717, 1.165) is 24.2 Å². The molecule has 0 aliphatic carbocycles. The number of carbonyl (C=O) groups is 2. The molecule has 126 valence electrons. The number of rotatable bonds is 5. The molecule has 24 heavy (non-hydrogen) atoms. The summed E-state index contributed by atoms with van der Waals surface area (Å²) in [5.74, 6) is -1.42. The minimum atomic E-state index is -0.834. The monoisotopic (exact) mass is 327 g/mol. The Hall–Kier alpha value is -2.63. The van der Waals surface area contributed by atoms with Crippen LogP contribution in [-0.4, -0.2) is 44.8 Å². The SMILES string of the molecule is CCCc1c(C(=O)N2CCC(C(=O)O)C2)cnn1-c1ccccc1. The van der Waals surface area contributed by atoms with Crippen molar-refractivity contribution in [2.45, 2.75) is 26.2 Å². The van der Waals surface area contributed by atoms with E-state index in [0.29, 0.717) is 18.5 Å². The molecule has 3 rings (SSSR count). The molecule has 6 nitrogen and oxygen atoms in total. The molecule has 1 aliphatic heterocycles. The second kappa shape index (κ2) is 6.86. The first kappa shape index (κ1) is 16.2. The van der Waals surface area contributed by atoms with E-state index in [4.69, 9.17) is 5.11 Å². The summed E-state index contributed by atoms with van der Waals surface area (Å²) in [6.07, 6.45) is 3.76. The zero-order valence-corrected chi connectivity index (χ0v) is 13.7. The Morgan fingerprint density at radius 1 is 1.29 bits per heavy atom. The third kappa shape index (κ3) is 3.04. The number of carboxylic acid groups (broad SMARTS) is 1. The molecule has 1 aromatic carbocycles. The molecule has 0 radical (unpaired) electrons. The molecule has 1 aliphatic rings. The fourth-order valence-electron chi connectivity index (χ4n) is 3.14. The fraction of sp³-hybridized carbons (Fsp3) is 0.389. The van der Waals surface area contributed by atoms with Crippen molar-refractivity contribution in [1.29, 1.82) is 0 Å². The number of likely N-dealkylation sites (tertiary alicyclic amines) is 1.